The van der Waals surface area contributed by atoms with Crippen molar-refractivity contribution in [2.24, 2.45) is 5.73 Å². The Morgan fingerprint density at radius 1 is 0.905 bits per heavy atom. The average molecular weight is 287 g/mol. The van der Waals surface area contributed by atoms with Crippen LogP contribution in [0, 0.1) is 6.92 Å². The fraction of sp³-hybridized carbons (Fsp3) is 0.294. The molecular formula is C17H21NO3. The van der Waals surface area contributed by atoms with E-state index in [0.717, 1.165) is 11.1 Å². The first-order chi connectivity index (χ1) is 10.1. The molecule has 0 bridgehead atoms. The molecule has 0 spiro atoms. The van der Waals surface area contributed by atoms with Gasteiger partial charge in [0.2, 0.25) is 5.75 Å². The SMILES string of the molecule is COc1ccc(C(N)c2cccc(C)c2)c(OC)c1OC. The van der Waals surface area contributed by atoms with Gasteiger partial charge in [0.15, 0.2) is 11.5 Å². The first-order valence-electron chi connectivity index (χ1n) is 6.73. The molecule has 2 rings (SSSR count). The van der Waals surface area contributed by atoms with Crippen molar-refractivity contribution in [3.05, 3.63) is 53.1 Å². The first-order valence-corrected chi connectivity index (χ1v) is 6.73. The highest BCUT2D eigenvalue weighted by Crippen LogP contribution is 2.42. The molecule has 0 aliphatic carbocycles. The maximum Gasteiger partial charge on any atom is 0.203 e. The van der Waals surface area contributed by atoms with Gasteiger partial charge in [0, 0.05) is 5.56 Å². The zero-order valence-corrected chi connectivity index (χ0v) is 12.8. The van der Waals surface area contributed by atoms with Gasteiger partial charge < -0.3 is 19.9 Å². The Kier molecular flexibility index (Phi) is 4.70. The molecule has 0 aromatic heterocycles. The van der Waals surface area contributed by atoms with E-state index in [1.54, 1.807) is 21.3 Å². The van der Waals surface area contributed by atoms with Crippen LogP contribution in [-0.4, -0.2) is 21.3 Å². The van der Waals surface area contributed by atoms with Crippen LogP contribution in [0.5, 0.6) is 17.2 Å². The smallest absolute Gasteiger partial charge is 0.203 e. The molecule has 1 unspecified atom stereocenters. The van der Waals surface area contributed by atoms with E-state index in [9.17, 15) is 0 Å². The molecule has 0 radical (unpaired) electrons. The molecular weight excluding hydrogens is 266 g/mol. The summed E-state index contributed by atoms with van der Waals surface area (Å²) in [5, 5.41) is 0. The molecule has 0 saturated carbocycles. The maximum atomic E-state index is 6.40. The molecule has 112 valence electrons. The molecule has 0 saturated heterocycles. The van der Waals surface area contributed by atoms with Crippen LogP contribution >= 0.6 is 0 Å². The number of ether oxygens (including phenoxy) is 3. The van der Waals surface area contributed by atoms with Crippen LogP contribution < -0.4 is 19.9 Å². The second-order valence-corrected chi connectivity index (χ2v) is 4.82. The van der Waals surface area contributed by atoms with Gasteiger partial charge in [-0.05, 0) is 24.6 Å². The van der Waals surface area contributed by atoms with Crippen molar-refractivity contribution < 1.29 is 14.2 Å². The Morgan fingerprint density at radius 2 is 1.62 bits per heavy atom. The lowest BCUT2D eigenvalue weighted by Gasteiger charge is -2.20. The maximum absolute atomic E-state index is 6.40. The zero-order valence-electron chi connectivity index (χ0n) is 12.8. The molecule has 0 aliphatic heterocycles. The Bertz CT molecular complexity index is 625. The summed E-state index contributed by atoms with van der Waals surface area (Å²) in [6.45, 7) is 2.04. The van der Waals surface area contributed by atoms with Gasteiger partial charge in [-0.1, -0.05) is 29.8 Å². The molecule has 0 heterocycles. The van der Waals surface area contributed by atoms with Crippen molar-refractivity contribution >= 4 is 0 Å². The number of methoxy groups -OCH3 is 3. The molecule has 0 amide bonds. The predicted octanol–water partition coefficient (Wildman–Crippen LogP) is 3.07. The highest BCUT2D eigenvalue weighted by Gasteiger charge is 2.21. The third-order valence-electron chi connectivity index (χ3n) is 3.47. The summed E-state index contributed by atoms with van der Waals surface area (Å²) >= 11 is 0. The molecule has 0 fully saturated rings. The molecule has 0 aliphatic rings. The van der Waals surface area contributed by atoms with Gasteiger partial charge in [-0.3, -0.25) is 0 Å². The lowest BCUT2D eigenvalue weighted by Crippen LogP contribution is -2.14. The predicted molar refractivity (Wildman–Crippen MR) is 83.3 cm³/mol. The summed E-state index contributed by atoms with van der Waals surface area (Å²) < 4.78 is 16.2. The number of aryl methyl sites for hydroxylation is 1. The molecule has 1 atom stereocenters. The molecule has 2 aromatic rings. The summed E-state index contributed by atoms with van der Waals surface area (Å²) in [4.78, 5) is 0. The molecule has 2 aromatic carbocycles. The second kappa shape index (κ2) is 6.50. The Labute approximate surface area is 125 Å². The van der Waals surface area contributed by atoms with Gasteiger partial charge in [-0.2, -0.15) is 0 Å². The van der Waals surface area contributed by atoms with Crippen molar-refractivity contribution in [2.75, 3.05) is 21.3 Å². The number of hydrogen-bond acceptors (Lipinski definition) is 4. The normalized spacial score (nSPS) is 11.9. The first kappa shape index (κ1) is 15.2. The van der Waals surface area contributed by atoms with Crippen molar-refractivity contribution in [2.45, 2.75) is 13.0 Å². The zero-order chi connectivity index (χ0) is 15.4. The fourth-order valence-corrected chi connectivity index (χ4v) is 2.41. The van der Waals surface area contributed by atoms with Gasteiger partial charge in [-0.15, -0.1) is 0 Å². The monoisotopic (exact) mass is 287 g/mol. The topological polar surface area (TPSA) is 53.7 Å². The van der Waals surface area contributed by atoms with Gasteiger partial charge in [0.1, 0.15) is 0 Å². The lowest BCUT2D eigenvalue weighted by molar-refractivity contribution is 0.321. The van der Waals surface area contributed by atoms with E-state index in [2.05, 4.69) is 6.07 Å². The number of hydrogen-bond donors (Lipinski definition) is 1. The fourth-order valence-electron chi connectivity index (χ4n) is 2.41. The summed E-state index contributed by atoms with van der Waals surface area (Å²) in [6.07, 6.45) is 0. The minimum Gasteiger partial charge on any atom is -0.493 e. The van der Waals surface area contributed by atoms with Crippen LogP contribution in [0.1, 0.15) is 22.7 Å². The highest BCUT2D eigenvalue weighted by atomic mass is 16.5. The van der Waals surface area contributed by atoms with E-state index in [0.29, 0.717) is 17.2 Å². The standard InChI is InChI=1S/C17H21NO3/c1-11-6-5-7-12(10-11)15(18)13-8-9-14(19-2)17(21-4)16(13)20-3/h5-10,15H,18H2,1-4H3. The summed E-state index contributed by atoms with van der Waals surface area (Å²) in [7, 11) is 4.78. The van der Waals surface area contributed by atoms with Crippen molar-refractivity contribution in [3.63, 3.8) is 0 Å². The molecule has 4 nitrogen and oxygen atoms in total. The van der Waals surface area contributed by atoms with E-state index < -0.39 is 0 Å². The minimum absolute atomic E-state index is 0.292. The third-order valence-corrected chi connectivity index (χ3v) is 3.47. The molecule has 21 heavy (non-hydrogen) atoms. The van der Waals surface area contributed by atoms with Crippen LogP contribution in [0.3, 0.4) is 0 Å². The van der Waals surface area contributed by atoms with Crippen LogP contribution in [0.2, 0.25) is 0 Å². The van der Waals surface area contributed by atoms with Gasteiger partial charge in [0.25, 0.3) is 0 Å². The second-order valence-electron chi connectivity index (χ2n) is 4.82. The van der Waals surface area contributed by atoms with Gasteiger partial charge >= 0.3 is 0 Å². The Morgan fingerprint density at radius 3 is 2.19 bits per heavy atom. The summed E-state index contributed by atoms with van der Waals surface area (Å²) in [5.74, 6) is 1.78. The van der Waals surface area contributed by atoms with Crippen molar-refractivity contribution in [3.8, 4) is 17.2 Å². The van der Waals surface area contributed by atoms with Gasteiger partial charge in [0.05, 0.1) is 27.4 Å². The lowest BCUT2D eigenvalue weighted by atomic mass is 9.97. The van der Waals surface area contributed by atoms with Gasteiger partial charge in [-0.25, -0.2) is 0 Å². The van der Waals surface area contributed by atoms with Crippen molar-refractivity contribution in [1.29, 1.82) is 0 Å². The van der Waals surface area contributed by atoms with Crippen LogP contribution in [0.15, 0.2) is 36.4 Å². The van der Waals surface area contributed by atoms with E-state index in [1.807, 2.05) is 37.3 Å². The average Bonchev–Trinajstić information content (AvgIpc) is 2.52. The molecule has 2 N–H and O–H groups in total. The Hall–Kier alpha value is -2.20. The minimum atomic E-state index is -0.292. The van der Waals surface area contributed by atoms with Crippen LogP contribution in [-0.2, 0) is 0 Å². The summed E-state index contributed by atoms with van der Waals surface area (Å²) in [5.41, 5.74) is 9.46. The number of benzene rings is 2. The van der Waals surface area contributed by atoms with Crippen molar-refractivity contribution in [1.82, 2.24) is 0 Å². The highest BCUT2D eigenvalue weighted by molar-refractivity contribution is 5.58. The molecule has 4 heteroatoms. The Balaban J connectivity index is 2.53. The van der Waals surface area contributed by atoms with E-state index >= 15 is 0 Å². The number of nitrogens with two attached hydrogens (primary N) is 1. The summed E-state index contributed by atoms with van der Waals surface area (Å²) in [6, 6.07) is 11.6. The van der Waals surface area contributed by atoms with Crippen LogP contribution in [0.4, 0.5) is 0 Å². The van der Waals surface area contributed by atoms with E-state index in [-0.39, 0.29) is 6.04 Å². The van der Waals surface area contributed by atoms with E-state index in [1.165, 1.54) is 5.56 Å². The van der Waals surface area contributed by atoms with E-state index in [4.69, 9.17) is 19.9 Å². The quantitative estimate of drug-likeness (QED) is 0.918. The van der Waals surface area contributed by atoms with Crippen LogP contribution in [0.25, 0.3) is 0 Å². The number of rotatable bonds is 5. The third kappa shape index (κ3) is 2.95. The largest absolute Gasteiger partial charge is 0.493 e.